The highest BCUT2D eigenvalue weighted by molar-refractivity contribution is 5.44. The zero-order chi connectivity index (χ0) is 26.7. The molecule has 1 aliphatic heterocycles. The zero-order valence-electron chi connectivity index (χ0n) is 21.4. The minimum absolute atomic E-state index is 0.0988. The van der Waals surface area contributed by atoms with E-state index in [1.807, 2.05) is 37.3 Å². The van der Waals surface area contributed by atoms with Crippen molar-refractivity contribution in [3.63, 3.8) is 0 Å². The van der Waals surface area contributed by atoms with Gasteiger partial charge in [0, 0.05) is 61.4 Å². The minimum Gasteiger partial charge on any atom is -0.502 e. The molecule has 2 aromatic carbocycles. The van der Waals surface area contributed by atoms with Crippen LogP contribution in [0.2, 0.25) is 0 Å². The Kier molecular flexibility index (Phi) is 9.31. The number of allylic oxidation sites excluding steroid dienone is 2. The van der Waals surface area contributed by atoms with E-state index in [1.54, 1.807) is 0 Å². The summed E-state index contributed by atoms with van der Waals surface area (Å²) in [5, 5.41) is 22.3. The summed E-state index contributed by atoms with van der Waals surface area (Å²) in [6, 6.07) is 18.3. The second-order valence-electron chi connectivity index (χ2n) is 9.22. The van der Waals surface area contributed by atoms with Gasteiger partial charge >= 0.3 is 0 Å². The molecule has 4 rings (SSSR count). The van der Waals surface area contributed by atoms with Crippen molar-refractivity contribution in [3.05, 3.63) is 105 Å². The Morgan fingerprint density at radius 3 is 2.47 bits per heavy atom. The fourth-order valence-electron chi connectivity index (χ4n) is 4.25. The highest BCUT2D eigenvalue weighted by Crippen LogP contribution is 2.23. The van der Waals surface area contributed by atoms with Crippen molar-refractivity contribution in [1.82, 2.24) is 20.2 Å². The van der Waals surface area contributed by atoms with Gasteiger partial charge in [-0.2, -0.15) is 5.26 Å². The van der Waals surface area contributed by atoms with E-state index in [1.165, 1.54) is 18.0 Å². The lowest BCUT2D eigenvalue weighted by Crippen LogP contribution is -2.35. The molecule has 1 fully saturated rings. The molecule has 0 saturated carbocycles. The Labute approximate surface area is 222 Å². The number of benzene rings is 2. The zero-order valence-corrected chi connectivity index (χ0v) is 21.4. The van der Waals surface area contributed by atoms with Crippen LogP contribution in [-0.4, -0.2) is 52.8 Å². The molecule has 2 heterocycles. The summed E-state index contributed by atoms with van der Waals surface area (Å²) in [6.45, 7) is 6.76. The third kappa shape index (κ3) is 7.57. The summed E-state index contributed by atoms with van der Waals surface area (Å²) in [5.74, 6) is 5.98. The highest BCUT2D eigenvalue weighted by Gasteiger charge is 2.17. The lowest BCUT2D eigenvalue weighted by molar-refractivity contribution is 0.0342. The third-order valence-corrected chi connectivity index (χ3v) is 6.45. The molecule has 8 heteroatoms. The Bertz CT molecular complexity index is 1400. The van der Waals surface area contributed by atoms with Gasteiger partial charge in [0.1, 0.15) is 0 Å². The molecule has 1 atom stereocenters. The monoisotopic (exact) mass is 509 g/mol. The molecule has 0 bridgehead atoms. The van der Waals surface area contributed by atoms with Crippen LogP contribution in [0.5, 0.6) is 5.75 Å². The maximum atomic E-state index is 11.8. The van der Waals surface area contributed by atoms with Gasteiger partial charge in [-0.1, -0.05) is 36.1 Å². The average Bonchev–Trinajstić information content (AvgIpc) is 2.94. The van der Waals surface area contributed by atoms with Gasteiger partial charge < -0.3 is 20.1 Å². The molecule has 0 spiro atoms. The van der Waals surface area contributed by atoms with E-state index < -0.39 is 5.56 Å². The summed E-state index contributed by atoms with van der Waals surface area (Å²) < 4.78 is 5.42. The maximum Gasteiger partial charge on any atom is 0.293 e. The topological polar surface area (TPSA) is 114 Å². The summed E-state index contributed by atoms with van der Waals surface area (Å²) in [5.41, 5.74) is 4.60. The maximum absolute atomic E-state index is 11.8. The number of ether oxygens (including phenoxy) is 1. The molecule has 38 heavy (non-hydrogen) atoms. The number of nitriles is 1. The molecular weight excluding hydrogens is 478 g/mol. The van der Waals surface area contributed by atoms with Crippen molar-refractivity contribution in [3.8, 4) is 23.7 Å². The van der Waals surface area contributed by atoms with Crippen molar-refractivity contribution < 1.29 is 9.84 Å². The van der Waals surface area contributed by atoms with Crippen molar-refractivity contribution in [2.75, 3.05) is 32.8 Å². The van der Waals surface area contributed by atoms with Crippen LogP contribution in [0.3, 0.4) is 0 Å². The van der Waals surface area contributed by atoms with Crippen LogP contribution in [0.25, 0.3) is 0 Å². The predicted molar refractivity (Wildman–Crippen MR) is 145 cm³/mol. The van der Waals surface area contributed by atoms with E-state index in [9.17, 15) is 9.90 Å². The lowest BCUT2D eigenvalue weighted by atomic mass is 9.92. The molecule has 0 aliphatic carbocycles. The van der Waals surface area contributed by atoms with Crippen LogP contribution in [0.1, 0.15) is 40.8 Å². The van der Waals surface area contributed by atoms with Crippen LogP contribution in [0.4, 0.5) is 0 Å². The molecule has 3 N–H and O–H groups in total. The summed E-state index contributed by atoms with van der Waals surface area (Å²) >= 11 is 0. The van der Waals surface area contributed by atoms with Gasteiger partial charge in [-0.3, -0.25) is 9.69 Å². The Morgan fingerprint density at radius 1 is 1.16 bits per heavy atom. The van der Waals surface area contributed by atoms with Crippen molar-refractivity contribution in [2.45, 2.75) is 25.8 Å². The minimum atomic E-state index is -0.568. The molecule has 1 aromatic heterocycles. The van der Waals surface area contributed by atoms with Crippen LogP contribution in [-0.2, 0) is 17.7 Å². The van der Waals surface area contributed by atoms with Crippen LogP contribution < -0.4 is 10.9 Å². The van der Waals surface area contributed by atoms with Gasteiger partial charge in [-0.25, -0.2) is 4.98 Å². The van der Waals surface area contributed by atoms with E-state index in [0.717, 1.165) is 55.2 Å². The van der Waals surface area contributed by atoms with E-state index >= 15 is 0 Å². The quantitative estimate of drug-likeness (QED) is 0.316. The summed E-state index contributed by atoms with van der Waals surface area (Å²) in [6.07, 6.45) is 3.08. The third-order valence-electron chi connectivity index (χ3n) is 6.45. The molecular formula is C30H31N5O3. The number of hydrogen-bond donors (Lipinski definition) is 3. The molecule has 1 unspecified atom stereocenters. The van der Waals surface area contributed by atoms with Crippen LogP contribution in [0, 0.1) is 23.2 Å². The van der Waals surface area contributed by atoms with E-state index in [0.29, 0.717) is 18.7 Å². The Hall–Kier alpha value is -4.37. The average molecular weight is 510 g/mol. The number of aromatic amines is 1. The van der Waals surface area contributed by atoms with Gasteiger partial charge in [0.2, 0.25) is 5.75 Å². The number of rotatable bonds is 8. The number of morpholine rings is 1. The fraction of sp³-hybridized carbons (Fsp3) is 0.300. The predicted octanol–water partition coefficient (Wildman–Crippen LogP) is 3.05. The number of nitrogens with zero attached hydrogens (tertiary/aromatic N) is 3. The normalized spacial score (nSPS) is 14.7. The van der Waals surface area contributed by atoms with Gasteiger partial charge in [0.05, 0.1) is 31.3 Å². The van der Waals surface area contributed by atoms with E-state index in [2.05, 4.69) is 56.3 Å². The number of hydrogen-bond acceptors (Lipinski definition) is 7. The van der Waals surface area contributed by atoms with E-state index in [4.69, 9.17) is 10.00 Å². The number of H-pyrrole nitrogens is 1. The lowest BCUT2D eigenvalue weighted by Gasteiger charge is -2.26. The smallest absolute Gasteiger partial charge is 0.293 e. The second-order valence-corrected chi connectivity index (χ2v) is 9.22. The second kappa shape index (κ2) is 13.3. The molecule has 8 nitrogen and oxygen atoms in total. The van der Waals surface area contributed by atoms with Gasteiger partial charge in [0.15, 0.2) is 0 Å². The Morgan fingerprint density at radius 2 is 1.82 bits per heavy atom. The Balaban J connectivity index is 1.45. The van der Waals surface area contributed by atoms with Crippen molar-refractivity contribution >= 4 is 0 Å². The molecule has 1 saturated heterocycles. The highest BCUT2D eigenvalue weighted by atomic mass is 16.5. The SMILES string of the molecule is CC(=CC#N)NCC(Cc1nc[nH]c(=O)c1O)c1ccc(C#Cc2ccc(CN3CCOCC3)cc2)cc1. The first-order valence-corrected chi connectivity index (χ1v) is 12.6. The first-order chi connectivity index (χ1) is 18.5. The molecule has 0 amide bonds. The van der Waals surface area contributed by atoms with Crippen LogP contribution in [0.15, 0.2) is 71.4 Å². The van der Waals surface area contributed by atoms with Crippen molar-refractivity contribution in [1.29, 1.82) is 5.26 Å². The van der Waals surface area contributed by atoms with E-state index in [-0.39, 0.29) is 11.7 Å². The van der Waals surface area contributed by atoms with Crippen molar-refractivity contribution in [2.24, 2.45) is 0 Å². The van der Waals surface area contributed by atoms with Gasteiger partial charge in [-0.05, 0) is 42.3 Å². The summed E-state index contributed by atoms with van der Waals surface area (Å²) in [4.78, 5) is 20.7. The van der Waals surface area contributed by atoms with Gasteiger partial charge in [0.25, 0.3) is 5.56 Å². The van der Waals surface area contributed by atoms with Gasteiger partial charge in [-0.15, -0.1) is 0 Å². The largest absolute Gasteiger partial charge is 0.502 e. The number of nitrogens with one attached hydrogen (secondary N) is 2. The summed E-state index contributed by atoms with van der Waals surface area (Å²) in [7, 11) is 0. The standard InChI is InChI=1S/C30H31N5O3/c1-22(12-13-31)32-19-27(18-28-29(36)30(37)34-21-33-28)26-10-8-24(9-11-26)3-2-23-4-6-25(7-5-23)20-35-14-16-38-17-15-35/h4-12,21,27,32,36H,14-20H2,1H3,(H,33,34,37). The molecule has 0 radical (unpaired) electrons. The number of aromatic hydroxyl groups is 1. The molecule has 194 valence electrons. The molecule has 3 aromatic rings. The fourth-order valence-corrected chi connectivity index (χ4v) is 4.25. The van der Waals surface area contributed by atoms with Crippen LogP contribution >= 0.6 is 0 Å². The first kappa shape index (κ1) is 26.7. The number of aromatic nitrogens is 2. The first-order valence-electron chi connectivity index (χ1n) is 12.6. The molecule has 1 aliphatic rings.